The zero-order valence-corrected chi connectivity index (χ0v) is 11.2. The van der Waals surface area contributed by atoms with Crippen molar-refractivity contribution in [3.05, 3.63) is 29.8 Å². The highest BCUT2D eigenvalue weighted by molar-refractivity contribution is 5.81. The minimum atomic E-state index is 0.0110. The molecule has 1 aromatic rings. The summed E-state index contributed by atoms with van der Waals surface area (Å²) in [6.45, 7) is 1.59. The lowest BCUT2D eigenvalue weighted by Gasteiger charge is -2.20. The average Bonchev–Trinajstić information content (AvgIpc) is 3.11. The fourth-order valence-electron chi connectivity index (χ4n) is 2.79. The van der Waals surface area contributed by atoms with Crippen molar-refractivity contribution < 1.29 is 9.53 Å². The second kappa shape index (κ2) is 5.21. The van der Waals surface area contributed by atoms with Gasteiger partial charge in [-0.05, 0) is 24.5 Å². The summed E-state index contributed by atoms with van der Waals surface area (Å²) in [5, 5.41) is 6.44. The summed E-state index contributed by atoms with van der Waals surface area (Å²) in [6, 6.07) is 8.42. The molecule has 19 heavy (non-hydrogen) atoms. The second-order valence-corrected chi connectivity index (χ2v) is 5.40. The summed E-state index contributed by atoms with van der Waals surface area (Å²) >= 11 is 0. The number of hydrogen-bond acceptors (Lipinski definition) is 3. The first-order valence-electron chi connectivity index (χ1n) is 6.93. The first-order valence-corrected chi connectivity index (χ1v) is 6.93. The van der Waals surface area contributed by atoms with Crippen molar-refractivity contribution in [2.45, 2.75) is 24.8 Å². The van der Waals surface area contributed by atoms with E-state index in [0.717, 1.165) is 37.2 Å². The molecule has 1 saturated carbocycles. The van der Waals surface area contributed by atoms with Crippen molar-refractivity contribution in [2.24, 2.45) is 5.92 Å². The number of benzene rings is 1. The Bertz CT molecular complexity index is 471. The monoisotopic (exact) mass is 260 g/mol. The van der Waals surface area contributed by atoms with Crippen LogP contribution in [0.25, 0.3) is 0 Å². The number of carbonyl (C=O) groups is 1. The van der Waals surface area contributed by atoms with Crippen LogP contribution in [0.15, 0.2) is 24.3 Å². The number of para-hydroxylation sites is 1. The molecule has 4 nitrogen and oxygen atoms in total. The quantitative estimate of drug-likeness (QED) is 0.857. The fourth-order valence-corrected chi connectivity index (χ4v) is 2.79. The van der Waals surface area contributed by atoms with E-state index in [1.807, 2.05) is 18.2 Å². The molecule has 1 aliphatic carbocycles. The number of methoxy groups -OCH3 is 1. The lowest BCUT2D eigenvalue weighted by molar-refractivity contribution is -0.124. The molecule has 1 aromatic carbocycles. The van der Waals surface area contributed by atoms with Crippen LogP contribution < -0.4 is 15.4 Å². The zero-order chi connectivity index (χ0) is 13.2. The van der Waals surface area contributed by atoms with Gasteiger partial charge in [-0.3, -0.25) is 4.79 Å². The Balaban J connectivity index is 1.79. The molecule has 0 aromatic heterocycles. The molecule has 0 radical (unpaired) electrons. The maximum absolute atomic E-state index is 12.3. The molecule has 2 fully saturated rings. The molecule has 1 heterocycles. The normalized spacial score (nSPS) is 26.2. The van der Waals surface area contributed by atoms with Crippen LogP contribution >= 0.6 is 0 Å². The Kier molecular flexibility index (Phi) is 3.42. The Morgan fingerprint density at radius 2 is 2.11 bits per heavy atom. The SMILES string of the molecule is COc1ccccc1C1CNCC1C(=O)NC1CC1. The molecule has 2 atom stereocenters. The minimum Gasteiger partial charge on any atom is -0.496 e. The van der Waals surface area contributed by atoms with E-state index in [9.17, 15) is 4.79 Å². The number of carbonyl (C=O) groups excluding carboxylic acids is 1. The van der Waals surface area contributed by atoms with Crippen molar-refractivity contribution in [1.82, 2.24) is 10.6 Å². The van der Waals surface area contributed by atoms with E-state index < -0.39 is 0 Å². The van der Waals surface area contributed by atoms with Gasteiger partial charge >= 0.3 is 0 Å². The molecule has 0 spiro atoms. The van der Waals surface area contributed by atoms with E-state index in [1.54, 1.807) is 7.11 Å². The maximum atomic E-state index is 12.3. The summed E-state index contributed by atoms with van der Waals surface area (Å²) in [5.41, 5.74) is 1.13. The van der Waals surface area contributed by atoms with Gasteiger partial charge in [0, 0.05) is 25.0 Å². The number of hydrogen-bond donors (Lipinski definition) is 2. The first kappa shape index (κ1) is 12.5. The van der Waals surface area contributed by atoms with E-state index in [1.165, 1.54) is 0 Å². The third kappa shape index (κ3) is 2.59. The molecule has 2 N–H and O–H groups in total. The number of amides is 1. The van der Waals surface area contributed by atoms with Crippen molar-refractivity contribution >= 4 is 5.91 Å². The molecule has 2 unspecified atom stereocenters. The highest BCUT2D eigenvalue weighted by atomic mass is 16.5. The topological polar surface area (TPSA) is 50.4 Å². The summed E-state index contributed by atoms with van der Waals surface area (Å²) in [6.07, 6.45) is 2.26. The number of ether oxygens (including phenoxy) is 1. The summed E-state index contributed by atoms with van der Waals surface area (Å²) in [5.74, 6) is 1.27. The summed E-state index contributed by atoms with van der Waals surface area (Å²) in [7, 11) is 1.68. The van der Waals surface area contributed by atoms with Crippen LogP contribution in [0.3, 0.4) is 0 Å². The fraction of sp³-hybridized carbons (Fsp3) is 0.533. The maximum Gasteiger partial charge on any atom is 0.225 e. The molecular formula is C15H20N2O2. The van der Waals surface area contributed by atoms with Crippen LogP contribution in [0.1, 0.15) is 24.3 Å². The van der Waals surface area contributed by atoms with Crippen molar-refractivity contribution in [2.75, 3.05) is 20.2 Å². The van der Waals surface area contributed by atoms with Gasteiger partial charge in [-0.15, -0.1) is 0 Å². The smallest absolute Gasteiger partial charge is 0.225 e. The van der Waals surface area contributed by atoms with Gasteiger partial charge in [0.1, 0.15) is 5.75 Å². The van der Waals surface area contributed by atoms with E-state index in [0.29, 0.717) is 6.04 Å². The third-order valence-electron chi connectivity index (χ3n) is 4.01. The number of rotatable bonds is 4. The Hall–Kier alpha value is -1.55. The van der Waals surface area contributed by atoms with Crippen LogP contribution in [0.4, 0.5) is 0 Å². The highest BCUT2D eigenvalue weighted by Gasteiger charge is 2.37. The summed E-state index contributed by atoms with van der Waals surface area (Å²) < 4.78 is 5.42. The molecular weight excluding hydrogens is 240 g/mol. The van der Waals surface area contributed by atoms with Crippen LogP contribution in [0.2, 0.25) is 0 Å². The van der Waals surface area contributed by atoms with Crippen LogP contribution in [-0.2, 0) is 4.79 Å². The van der Waals surface area contributed by atoms with Gasteiger partial charge in [0.05, 0.1) is 13.0 Å². The molecule has 102 valence electrons. The minimum absolute atomic E-state index is 0.0110. The zero-order valence-electron chi connectivity index (χ0n) is 11.2. The Morgan fingerprint density at radius 1 is 1.32 bits per heavy atom. The van der Waals surface area contributed by atoms with Gasteiger partial charge in [-0.25, -0.2) is 0 Å². The van der Waals surface area contributed by atoms with E-state index >= 15 is 0 Å². The molecule has 1 saturated heterocycles. The van der Waals surface area contributed by atoms with Crippen molar-refractivity contribution in [1.29, 1.82) is 0 Å². The number of nitrogens with one attached hydrogen (secondary N) is 2. The van der Waals surface area contributed by atoms with Gasteiger partial charge < -0.3 is 15.4 Å². The average molecular weight is 260 g/mol. The third-order valence-corrected chi connectivity index (χ3v) is 4.01. The molecule has 1 amide bonds. The lowest BCUT2D eigenvalue weighted by atomic mass is 9.87. The molecule has 2 aliphatic rings. The van der Waals surface area contributed by atoms with Crippen LogP contribution in [0.5, 0.6) is 5.75 Å². The highest BCUT2D eigenvalue weighted by Crippen LogP contribution is 2.34. The largest absolute Gasteiger partial charge is 0.496 e. The van der Waals surface area contributed by atoms with E-state index in [-0.39, 0.29) is 17.7 Å². The van der Waals surface area contributed by atoms with Crippen molar-refractivity contribution in [3.63, 3.8) is 0 Å². The lowest BCUT2D eigenvalue weighted by Crippen LogP contribution is -2.35. The molecule has 0 bridgehead atoms. The van der Waals surface area contributed by atoms with Gasteiger partial charge in [0.2, 0.25) is 5.91 Å². The molecule has 4 heteroatoms. The first-order chi connectivity index (χ1) is 9.29. The van der Waals surface area contributed by atoms with Gasteiger partial charge in [-0.1, -0.05) is 18.2 Å². The van der Waals surface area contributed by atoms with E-state index in [2.05, 4.69) is 16.7 Å². The Labute approximate surface area is 113 Å². The predicted molar refractivity (Wildman–Crippen MR) is 73.3 cm³/mol. The van der Waals surface area contributed by atoms with E-state index in [4.69, 9.17) is 4.74 Å². The van der Waals surface area contributed by atoms with Crippen LogP contribution in [-0.4, -0.2) is 32.1 Å². The van der Waals surface area contributed by atoms with Crippen molar-refractivity contribution in [3.8, 4) is 5.75 Å². The second-order valence-electron chi connectivity index (χ2n) is 5.40. The molecule has 3 rings (SSSR count). The Morgan fingerprint density at radius 3 is 2.84 bits per heavy atom. The summed E-state index contributed by atoms with van der Waals surface area (Å²) in [4.78, 5) is 12.3. The standard InChI is InChI=1S/C15H20N2O2/c1-19-14-5-3-2-4-11(14)12-8-16-9-13(12)15(18)17-10-6-7-10/h2-5,10,12-13,16H,6-9H2,1H3,(H,17,18). The van der Waals surface area contributed by atoms with Gasteiger partial charge in [-0.2, -0.15) is 0 Å². The van der Waals surface area contributed by atoms with Gasteiger partial charge in [0.25, 0.3) is 0 Å². The van der Waals surface area contributed by atoms with Crippen LogP contribution in [0, 0.1) is 5.92 Å². The molecule has 1 aliphatic heterocycles. The van der Waals surface area contributed by atoms with Gasteiger partial charge in [0.15, 0.2) is 0 Å². The predicted octanol–water partition coefficient (Wildman–Crippen LogP) is 1.28.